The Morgan fingerprint density at radius 2 is 1.98 bits per heavy atom. The molecule has 0 saturated carbocycles. The molecule has 2 amide bonds. The van der Waals surface area contributed by atoms with E-state index < -0.39 is 23.3 Å². The van der Waals surface area contributed by atoms with Crippen molar-refractivity contribution in [2.75, 3.05) is 11.1 Å². The quantitative estimate of drug-likeness (QED) is 0.281. The predicted molar refractivity (Wildman–Crippen MR) is 153 cm³/mol. The molecular formula is C28H25FN8O3S. The van der Waals surface area contributed by atoms with Crippen LogP contribution < -0.4 is 21.9 Å². The Labute approximate surface area is 236 Å². The molecule has 0 bridgehead atoms. The lowest BCUT2D eigenvalue weighted by molar-refractivity contribution is -0.124. The topological polar surface area (TPSA) is 150 Å². The van der Waals surface area contributed by atoms with Crippen LogP contribution in [0.5, 0.6) is 0 Å². The first kappa shape index (κ1) is 26.3. The molecule has 0 radical (unpaired) electrons. The minimum atomic E-state index is -0.784. The predicted octanol–water partition coefficient (Wildman–Crippen LogP) is 3.59. The summed E-state index contributed by atoms with van der Waals surface area (Å²) in [6.45, 7) is 2.18. The smallest absolute Gasteiger partial charge is 0.278 e. The van der Waals surface area contributed by atoms with E-state index in [0.29, 0.717) is 18.1 Å². The van der Waals surface area contributed by atoms with E-state index in [-0.39, 0.29) is 41.0 Å². The van der Waals surface area contributed by atoms with E-state index in [2.05, 4.69) is 25.7 Å². The monoisotopic (exact) mass is 572 g/mol. The number of hydrogen-bond donors (Lipinski definition) is 3. The second-order valence-corrected chi connectivity index (χ2v) is 11.1. The third kappa shape index (κ3) is 4.84. The van der Waals surface area contributed by atoms with Crippen LogP contribution >= 0.6 is 11.3 Å². The summed E-state index contributed by atoms with van der Waals surface area (Å²) in [5.74, 6) is -0.643. The molecule has 1 aromatic carbocycles. The van der Waals surface area contributed by atoms with Crippen molar-refractivity contribution < 1.29 is 14.0 Å². The maximum atomic E-state index is 14.3. The number of carbonyl (C=O) groups is 2. The molecule has 208 valence electrons. The Morgan fingerprint density at radius 3 is 2.78 bits per heavy atom. The van der Waals surface area contributed by atoms with Crippen LogP contribution in [0.25, 0.3) is 21.3 Å². The first-order chi connectivity index (χ1) is 19.7. The van der Waals surface area contributed by atoms with E-state index in [4.69, 9.17) is 5.73 Å². The number of amides is 2. The molecule has 2 atom stereocenters. The Morgan fingerprint density at radius 1 is 1.17 bits per heavy atom. The maximum Gasteiger partial charge on any atom is 0.278 e. The van der Waals surface area contributed by atoms with Gasteiger partial charge in [0.25, 0.3) is 11.5 Å². The van der Waals surface area contributed by atoms with Crippen molar-refractivity contribution in [2.24, 2.45) is 7.05 Å². The number of aryl methyl sites for hydroxylation is 1. The summed E-state index contributed by atoms with van der Waals surface area (Å²) in [4.78, 5) is 49.3. The van der Waals surface area contributed by atoms with Gasteiger partial charge in [0.05, 0.1) is 18.4 Å². The van der Waals surface area contributed by atoms with Crippen molar-refractivity contribution in [1.82, 2.24) is 29.6 Å². The van der Waals surface area contributed by atoms with Gasteiger partial charge in [-0.15, -0.1) is 11.3 Å². The highest BCUT2D eigenvalue weighted by Gasteiger charge is 2.36. The van der Waals surface area contributed by atoms with Crippen LogP contribution in [0.15, 0.2) is 59.7 Å². The summed E-state index contributed by atoms with van der Waals surface area (Å²) in [7, 11) is 1.55. The number of nitrogen functional groups attached to an aromatic ring is 1. The van der Waals surface area contributed by atoms with Gasteiger partial charge in [-0.05, 0) is 36.8 Å². The van der Waals surface area contributed by atoms with Gasteiger partial charge in [-0.1, -0.05) is 19.1 Å². The fraction of sp³-hybridized carbons (Fsp3) is 0.214. The van der Waals surface area contributed by atoms with Crippen LogP contribution in [0, 0.1) is 5.82 Å². The van der Waals surface area contributed by atoms with Crippen molar-refractivity contribution in [1.29, 1.82) is 0 Å². The molecule has 0 saturated heterocycles. The number of carbonyl (C=O) groups excluding carboxylic acids is 2. The van der Waals surface area contributed by atoms with Gasteiger partial charge < -0.3 is 16.4 Å². The van der Waals surface area contributed by atoms with E-state index in [0.717, 1.165) is 15.0 Å². The SMILES string of the molecule is C[C@@H]1C[C@@H](C(=O)NCc2cc3cnc(N)cc3s2)n2c1ncc(NC(=O)c1cc(-c3ccccc3F)nn1C)c2=O. The van der Waals surface area contributed by atoms with Gasteiger partial charge in [0, 0.05) is 39.7 Å². The average molecular weight is 573 g/mol. The van der Waals surface area contributed by atoms with Gasteiger partial charge in [-0.25, -0.2) is 14.4 Å². The molecule has 5 heterocycles. The molecule has 5 aromatic rings. The molecule has 41 heavy (non-hydrogen) atoms. The molecule has 11 nitrogen and oxygen atoms in total. The van der Waals surface area contributed by atoms with Gasteiger partial charge >= 0.3 is 0 Å². The van der Waals surface area contributed by atoms with Crippen molar-refractivity contribution in [3.05, 3.63) is 87.4 Å². The summed E-state index contributed by atoms with van der Waals surface area (Å²) < 4.78 is 17.9. The Bertz CT molecular complexity index is 1900. The van der Waals surface area contributed by atoms with Gasteiger partial charge in [0.1, 0.15) is 34.9 Å². The lowest BCUT2D eigenvalue weighted by Crippen LogP contribution is -2.36. The number of thiophene rings is 1. The van der Waals surface area contributed by atoms with Gasteiger partial charge in [-0.2, -0.15) is 5.10 Å². The van der Waals surface area contributed by atoms with E-state index >= 15 is 0 Å². The van der Waals surface area contributed by atoms with Crippen LogP contribution in [0.4, 0.5) is 15.9 Å². The molecule has 13 heteroatoms. The van der Waals surface area contributed by atoms with Crippen molar-refractivity contribution in [2.45, 2.75) is 31.8 Å². The highest BCUT2D eigenvalue weighted by molar-refractivity contribution is 7.19. The Hall–Kier alpha value is -4.91. The number of hydrogen-bond acceptors (Lipinski definition) is 8. The Balaban J connectivity index is 1.21. The van der Waals surface area contributed by atoms with Crippen LogP contribution in [0.1, 0.15) is 46.5 Å². The molecule has 1 aliphatic rings. The first-order valence-electron chi connectivity index (χ1n) is 12.8. The number of anilines is 2. The molecule has 4 aromatic heterocycles. The molecule has 1 aliphatic heterocycles. The molecular weight excluding hydrogens is 547 g/mol. The van der Waals surface area contributed by atoms with Crippen LogP contribution in [0.3, 0.4) is 0 Å². The lowest BCUT2D eigenvalue weighted by atomic mass is 10.1. The summed E-state index contributed by atoms with van der Waals surface area (Å²) in [6, 6.07) is 10.5. The summed E-state index contributed by atoms with van der Waals surface area (Å²) >= 11 is 1.50. The molecule has 4 N–H and O–H groups in total. The van der Waals surface area contributed by atoms with Crippen LogP contribution in [-0.2, 0) is 18.4 Å². The zero-order valence-electron chi connectivity index (χ0n) is 22.1. The largest absolute Gasteiger partial charge is 0.384 e. The number of fused-ring (bicyclic) bond motifs is 2. The number of pyridine rings is 1. The second-order valence-electron chi connectivity index (χ2n) is 9.91. The number of nitrogens with zero attached hydrogens (tertiary/aromatic N) is 5. The van der Waals surface area contributed by atoms with Crippen molar-refractivity contribution in [3.8, 4) is 11.3 Å². The van der Waals surface area contributed by atoms with Crippen molar-refractivity contribution >= 4 is 44.7 Å². The number of benzene rings is 1. The average Bonchev–Trinajstić information content (AvgIpc) is 3.63. The van der Waals surface area contributed by atoms with Gasteiger partial charge in [-0.3, -0.25) is 23.6 Å². The number of aromatic nitrogens is 5. The van der Waals surface area contributed by atoms with Crippen LogP contribution in [0.2, 0.25) is 0 Å². The van der Waals surface area contributed by atoms with Gasteiger partial charge in [0.2, 0.25) is 5.91 Å². The maximum absolute atomic E-state index is 14.3. The van der Waals surface area contributed by atoms with E-state index in [1.165, 1.54) is 38.9 Å². The zero-order valence-corrected chi connectivity index (χ0v) is 22.9. The lowest BCUT2D eigenvalue weighted by Gasteiger charge is -2.15. The second kappa shape index (κ2) is 10.2. The fourth-order valence-electron chi connectivity index (χ4n) is 5.05. The Kier molecular flexibility index (Phi) is 6.58. The molecule has 0 spiro atoms. The number of halogens is 1. The van der Waals surface area contributed by atoms with E-state index in [1.807, 2.05) is 13.0 Å². The fourth-order valence-corrected chi connectivity index (χ4v) is 6.07. The summed E-state index contributed by atoms with van der Waals surface area (Å²) in [5.41, 5.74) is 5.81. The van der Waals surface area contributed by atoms with E-state index in [1.54, 1.807) is 37.5 Å². The molecule has 6 rings (SSSR count). The molecule has 0 aliphatic carbocycles. The normalized spacial score (nSPS) is 16.1. The molecule has 0 fully saturated rings. The number of nitrogens with one attached hydrogen (secondary N) is 2. The zero-order chi connectivity index (χ0) is 28.8. The minimum absolute atomic E-state index is 0.0751. The van der Waals surface area contributed by atoms with Crippen LogP contribution in [-0.4, -0.2) is 36.1 Å². The standard InChI is InChI=1S/C28H25FN8O3S/c1-14-7-22(26(38)33-12-16-8-15-11-31-24(30)10-23(15)41-16)37-25(14)32-13-20(28(37)40)34-27(39)21-9-19(35-36(21)2)17-5-3-4-6-18(17)29/h3-6,8-11,13-14,22H,7,12H2,1-2H3,(H2,30,31)(H,33,38)(H,34,39)/t14-,22+/m1/s1. The highest BCUT2D eigenvalue weighted by Crippen LogP contribution is 2.34. The third-order valence-electron chi connectivity index (χ3n) is 7.07. The van der Waals surface area contributed by atoms with Gasteiger partial charge in [0.15, 0.2) is 0 Å². The minimum Gasteiger partial charge on any atom is -0.384 e. The number of nitrogens with two attached hydrogens (primary N) is 1. The number of rotatable bonds is 6. The molecule has 0 unspecified atom stereocenters. The summed E-state index contributed by atoms with van der Waals surface area (Å²) in [6.07, 6.45) is 3.38. The van der Waals surface area contributed by atoms with Crippen molar-refractivity contribution in [3.63, 3.8) is 0 Å². The summed E-state index contributed by atoms with van der Waals surface area (Å²) in [5, 5.41) is 10.7. The third-order valence-corrected chi connectivity index (χ3v) is 8.17. The highest BCUT2D eigenvalue weighted by atomic mass is 32.1. The van der Waals surface area contributed by atoms with E-state index in [9.17, 15) is 18.8 Å². The first-order valence-corrected chi connectivity index (χ1v) is 13.6.